The van der Waals surface area contributed by atoms with Crippen molar-refractivity contribution in [1.82, 2.24) is 20.3 Å². The highest BCUT2D eigenvalue weighted by atomic mass is 32.2. The van der Waals surface area contributed by atoms with E-state index in [4.69, 9.17) is 4.52 Å². The van der Waals surface area contributed by atoms with Gasteiger partial charge in [-0.25, -0.2) is 0 Å². The highest BCUT2D eigenvalue weighted by molar-refractivity contribution is 8.00. The normalized spacial score (nSPS) is 11.1. The second kappa shape index (κ2) is 8.25. The van der Waals surface area contributed by atoms with Crippen LogP contribution >= 0.6 is 23.1 Å². The molecule has 8 heteroatoms. The van der Waals surface area contributed by atoms with E-state index in [0.717, 1.165) is 22.4 Å². The van der Waals surface area contributed by atoms with Gasteiger partial charge in [0.2, 0.25) is 11.0 Å². The van der Waals surface area contributed by atoms with Crippen molar-refractivity contribution in [3.63, 3.8) is 0 Å². The Kier molecular flexibility index (Phi) is 5.81. The Bertz CT molecular complexity index is 757. The molecule has 0 fully saturated rings. The Hall–Kier alpha value is -1.93. The standard InChI is InChI=1S/C16H19N5OS2/c1-11(2)8-14-18-13(21-22-14)10-23-16-20-19-15(24-16)17-9-12-6-4-3-5-7-12/h3-7,11H,8-10H2,1-2H3,(H,17,19). The molecule has 0 bridgehead atoms. The molecule has 3 aromatic rings. The Balaban J connectivity index is 1.48. The number of nitrogens with zero attached hydrogens (tertiary/aromatic N) is 4. The first kappa shape index (κ1) is 16.9. The van der Waals surface area contributed by atoms with E-state index in [1.165, 1.54) is 16.9 Å². The number of benzene rings is 1. The van der Waals surface area contributed by atoms with Gasteiger partial charge >= 0.3 is 0 Å². The lowest BCUT2D eigenvalue weighted by atomic mass is 10.1. The first-order valence-corrected chi connectivity index (χ1v) is 9.55. The average Bonchev–Trinajstić information content (AvgIpc) is 3.21. The maximum Gasteiger partial charge on any atom is 0.226 e. The highest BCUT2D eigenvalue weighted by Crippen LogP contribution is 2.28. The SMILES string of the molecule is CC(C)Cc1nc(CSc2nnc(NCc3ccccc3)s2)no1. The van der Waals surface area contributed by atoms with Gasteiger partial charge in [0.25, 0.3) is 0 Å². The number of thioether (sulfide) groups is 1. The second-order valence-corrected chi connectivity index (χ2v) is 7.90. The Morgan fingerprint density at radius 1 is 1.21 bits per heavy atom. The summed E-state index contributed by atoms with van der Waals surface area (Å²) in [5, 5.41) is 16.4. The van der Waals surface area contributed by atoms with E-state index in [-0.39, 0.29) is 0 Å². The van der Waals surface area contributed by atoms with E-state index in [0.29, 0.717) is 23.4 Å². The molecule has 1 N–H and O–H groups in total. The summed E-state index contributed by atoms with van der Waals surface area (Å²) in [7, 11) is 0. The van der Waals surface area contributed by atoms with E-state index in [9.17, 15) is 0 Å². The topological polar surface area (TPSA) is 76.7 Å². The molecule has 126 valence electrons. The fourth-order valence-electron chi connectivity index (χ4n) is 2.02. The van der Waals surface area contributed by atoms with E-state index in [1.807, 2.05) is 18.2 Å². The van der Waals surface area contributed by atoms with Gasteiger partial charge < -0.3 is 9.84 Å². The van der Waals surface area contributed by atoms with E-state index >= 15 is 0 Å². The van der Waals surface area contributed by atoms with Gasteiger partial charge in [-0.2, -0.15) is 4.98 Å². The number of anilines is 1. The molecule has 3 rings (SSSR count). The molecular formula is C16H19N5OS2. The van der Waals surface area contributed by atoms with Crippen LogP contribution in [0, 0.1) is 5.92 Å². The molecule has 0 saturated carbocycles. The van der Waals surface area contributed by atoms with Gasteiger partial charge in [-0.15, -0.1) is 10.2 Å². The summed E-state index contributed by atoms with van der Waals surface area (Å²) in [5.41, 5.74) is 1.21. The van der Waals surface area contributed by atoms with Gasteiger partial charge in [0.15, 0.2) is 10.2 Å². The maximum absolute atomic E-state index is 5.24. The predicted octanol–water partition coefficient (Wildman–Crippen LogP) is 4.02. The predicted molar refractivity (Wildman–Crippen MR) is 96.1 cm³/mol. The number of hydrogen-bond donors (Lipinski definition) is 1. The average molecular weight is 361 g/mol. The molecule has 0 aliphatic rings. The van der Waals surface area contributed by atoms with Crippen LogP contribution in [0.25, 0.3) is 0 Å². The van der Waals surface area contributed by atoms with Crippen molar-refractivity contribution >= 4 is 28.2 Å². The molecule has 0 atom stereocenters. The smallest absolute Gasteiger partial charge is 0.226 e. The number of rotatable bonds is 8. The lowest BCUT2D eigenvalue weighted by Crippen LogP contribution is -1.98. The zero-order valence-electron chi connectivity index (χ0n) is 13.6. The number of aromatic nitrogens is 4. The molecule has 24 heavy (non-hydrogen) atoms. The summed E-state index contributed by atoms with van der Waals surface area (Å²) in [6, 6.07) is 10.2. The van der Waals surface area contributed by atoms with Crippen LogP contribution in [0.5, 0.6) is 0 Å². The third-order valence-corrected chi connectivity index (χ3v) is 5.12. The van der Waals surface area contributed by atoms with Gasteiger partial charge in [-0.3, -0.25) is 0 Å². The van der Waals surface area contributed by atoms with Crippen LogP contribution in [0.4, 0.5) is 5.13 Å². The van der Waals surface area contributed by atoms with Gasteiger partial charge in [0, 0.05) is 13.0 Å². The fourth-order valence-corrected chi connectivity index (χ4v) is 3.61. The van der Waals surface area contributed by atoms with Gasteiger partial charge in [0.05, 0.1) is 5.75 Å². The first-order chi connectivity index (χ1) is 11.7. The van der Waals surface area contributed by atoms with Crippen molar-refractivity contribution in [2.24, 2.45) is 5.92 Å². The van der Waals surface area contributed by atoms with Crippen molar-refractivity contribution < 1.29 is 4.52 Å². The molecule has 0 radical (unpaired) electrons. The van der Waals surface area contributed by atoms with Crippen LogP contribution in [0.2, 0.25) is 0 Å². The minimum atomic E-state index is 0.507. The number of nitrogens with one attached hydrogen (secondary N) is 1. The molecule has 2 heterocycles. The minimum Gasteiger partial charge on any atom is -0.356 e. The molecular weight excluding hydrogens is 342 g/mol. The monoisotopic (exact) mass is 361 g/mol. The summed E-state index contributed by atoms with van der Waals surface area (Å²) in [4.78, 5) is 4.39. The maximum atomic E-state index is 5.24. The third kappa shape index (κ3) is 5.04. The first-order valence-electron chi connectivity index (χ1n) is 7.74. The fraction of sp³-hybridized carbons (Fsp3) is 0.375. The molecule has 0 unspecified atom stereocenters. The van der Waals surface area contributed by atoms with Crippen molar-refractivity contribution in [3.05, 3.63) is 47.6 Å². The molecule has 0 aliphatic carbocycles. The summed E-state index contributed by atoms with van der Waals surface area (Å²) >= 11 is 3.10. The summed E-state index contributed by atoms with van der Waals surface area (Å²) in [5.74, 6) is 2.54. The lowest BCUT2D eigenvalue weighted by Gasteiger charge is -2.00. The summed E-state index contributed by atoms with van der Waals surface area (Å²) in [6.07, 6.45) is 0.810. The third-order valence-electron chi connectivity index (χ3n) is 3.11. The largest absolute Gasteiger partial charge is 0.356 e. The van der Waals surface area contributed by atoms with Crippen LogP contribution in [-0.2, 0) is 18.7 Å². The van der Waals surface area contributed by atoms with Gasteiger partial charge in [-0.1, -0.05) is 72.4 Å². The van der Waals surface area contributed by atoms with Crippen LogP contribution < -0.4 is 5.32 Å². The summed E-state index contributed by atoms with van der Waals surface area (Å²) < 4.78 is 6.13. The van der Waals surface area contributed by atoms with Crippen molar-refractivity contribution in [2.75, 3.05) is 5.32 Å². The van der Waals surface area contributed by atoms with Crippen LogP contribution in [0.15, 0.2) is 39.2 Å². The Labute approximate surface area is 149 Å². The van der Waals surface area contributed by atoms with Gasteiger partial charge in [0.1, 0.15) is 0 Å². The zero-order valence-corrected chi connectivity index (χ0v) is 15.2. The second-order valence-electron chi connectivity index (χ2n) is 5.70. The zero-order chi connectivity index (χ0) is 16.8. The van der Waals surface area contributed by atoms with E-state index in [2.05, 4.69) is 51.6 Å². The number of hydrogen-bond acceptors (Lipinski definition) is 8. The Morgan fingerprint density at radius 2 is 2.04 bits per heavy atom. The van der Waals surface area contributed by atoms with Crippen molar-refractivity contribution in [1.29, 1.82) is 0 Å². The van der Waals surface area contributed by atoms with Crippen LogP contribution in [-0.4, -0.2) is 20.3 Å². The molecule has 2 aromatic heterocycles. The molecule has 0 aliphatic heterocycles. The minimum absolute atomic E-state index is 0.507. The van der Waals surface area contributed by atoms with E-state index in [1.54, 1.807) is 11.8 Å². The summed E-state index contributed by atoms with van der Waals surface area (Å²) in [6.45, 7) is 5.00. The van der Waals surface area contributed by atoms with Gasteiger partial charge in [-0.05, 0) is 11.5 Å². The van der Waals surface area contributed by atoms with Crippen molar-refractivity contribution in [2.45, 2.75) is 36.9 Å². The molecule has 1 aromatic carbocycles. The lowest BCUT2D eigenvalue weighted by molar-refractivity contribution is 0.360. The molecule has 0 amide bonds. The Morgan fingerprint density at radius 3 is 2.83 bits per heavy atom. The highest BCUT2D eigenvalue weighted by Gasteiger charge is 2.10. The quantitative estimate of drug-likeness (QED) is 0.607. The molecule has 0 spiro atoms. The van der Waals surface area contributed by atoms with Crippen molar-refractivity contribution in [3.8, 4) is 0 Å². The van der Waals surface area contributed by atoms with Crippen LogP contribution in [0.1, 0.15) is 31.1 Å². The van der Waals surface area contributed by atoms with E-state index < -0.39 is 0 Å². The molecule has 0 saturated heterocycles. The molecule has 6 nitrogen and oxygen atoms in total. The van der Waals surface area contributed by atoms with Crippen LogP contribution in [0.3, 0.4) is 0 Å².